The van der Waals surface area contributed by atoms with Crippen LogP contribution in [0.15, 0.2) is 23.1 Å². The van der Waals surface area contributed by atoms with Crippen molar-refractivity contribution in [2.75, 3.05) is 6.54 Å². The third kappa shape index (κ3) is 4.27. The highest BCUT2D eigenvalue weighted by Crippen LogP contribution is 2.19. The van der Waals surface area contributed by atoms with Gasteiger partial charge in [0.05, 0.1) is 4.90 Å². The molecule has 0 bridgehead atoms. The summed E-state index contributed by atoms with van der Waals surface area (Å²) in [6, 6.07) is 4.38. The van der Waals surface area contributed by atoms with Crippen LogP contribution in [0, 0.1) is 6.92 Å². The summed E-state index contributed by atoms with van der Waals surface area (Å²) in [5, 5.41) is -0.0835. The Labute approximate surface area is 110 Å². The molecule has 0 saturated carbocycles. The Hall–Kier alpha value is -0.620. The largest absolute Gasteiger partial charge is 0.281 e. The van der Waals surface area contributed by atoms with E-state index >= 15 is 0 Å². The molecule has 0 saturated heterocycles. The molecule has 0 aliphatic heterocycles. The first-order chi connectivity index (χ1) is 7.83. The van der Waals surface area contributed by atoms with Gasteiger partial charge in [-0.05, 0) is 42.3 Å². The molecule has 0 amide bonds. The number of carbonyl (C=O) groups is 1. The lowest BCUT2D eigenvalue weighted by molar-refractivity contribution is -0.111. The predicted octanol–water partition coefficient (Wildman–Crippen LogP) is 2.08. The van der Waals surface area contributed by atoms with E-state index in [2.05, 4.69) is 4.72 Å². The molecular weight excluding hydrogens is 285 g/mol. The van der Waals surface area contributed by atoms with E-state index in [0.717, 1.165) is 0 Å². The van der Waals surface area contributed by atoms with Crippen molar-refractivity contribution in [1.82, 2.24) is 4.72 Å². The van der Waals surface area contributed by atoms with Gasteiger partial charge in [-0.1, -0.05) is 11.6 Å². The SMILES string of the molecule is Cc1cc(S(=O)(=O)NCCC(=O)Cl)ccc1Cl. The summed E-state index contributed by atoms with van der Waals surface area (Å²) < 4.78 is 25.8. The minimum Gasteiger partial charge on any atom is -0.281 e. The van der Waals surface area contributed by atoms with Gasteiger partial charge in [0.2, 0.25) is 15.3 Å². The molecule has 4 nitrogen and oxygen atoms in total. The fraction of sp³-hybridized carbons (Fsp3) is 0.300. The standard InChI is InChI=1S/C10H11Cl2NO3S/c1-7-6-8(2-3-9(7)11)17(15,16)13-5-4-10(12)14/h2-3,6,13H,4-5H2,1H3. The maximum Gasteiger partial charge on any atom is 0.240 e. The minimum atomic E-state index is -3.61. The van der Waals surface area contributed by atoms with E-state index in [9.17, 15) is 13.2 Å². The highest BCUT2D eigenvalue weighted by atomic mass is 35.5. The molecule has 0 heterocycles. The summed E-state index contributed by atoms with van der Waals surface area (Å²) in [5.41, 5.74) is 0.669. The van der Waals surface area contributed by atoms with Gasteiger partial charge in [0.15, 0.2) is 0 Å². The molecule has 0 fully saturated rings. The average Bonchev–Trinajstić information content (AvgIpc) is 2.21. The molecule has 94 valence electrons. The van der Waals surface area contributed by atoms with Gasteiger partial charge in [0, 0.05) is 18.0 Å². The van der Waals surface area contributed by atoms with Crippen molar-refractivity contribution < 1.29 is 13.2 Å². The number of rotatable bonds is 5. The Kier molecular flexibility index (Phi) is 4.94. The second-order valence-electron chi connectivity index (χ2n) is 3.41. The van der Waals surface area contributed by atoms with Crippen LogP contribution in [0.25, 0.3) is 0 Å². The van der Waals surface area contributed by atoms with Crippen LogP contribution in [-0.4, -0.2) is 20.2 Å². The van der Waals surface area contributed by atoms with Crippen LogP contribution in [0.5, 0.6) is 0 Å². The van der Waals surface area contributed by atoms with Gasteiger partial charge < -0.3 is 0 Å². The fourth-order valence-electron chi connectivity index (χ4n) is 1.15. The zero-order valence-electron chi connectivity index (χ0n) is 9.04. The average molecular weight is 296 g/mol. The van der Waals surface area contributed by atoms with E-state index in [1.54, 1.807) is 6.92 Å². The van der Waals surface area contributed by atoms with Crippen LogP contribution >= 0.6 is 23.2 Å². The van der Waals surface area contributed by atoms with E-state index in [1.165, 1.54) is 18.2 Å². The van der Waals surface area contributed by atoms with Crippen molar-refractivity contribution in [3.63, 3.8) is 0 Å². The van der Waals surface area contributed by atoms with E-state index in [0.29, 0.717) is 10.6 Å². The Bertz CT molecular complexity index is 528. The molecule has 0 aliphatic carbocycles. The molecule has 0 radical (unpaired) electrons. The second-order valence-corrected chi connectivity index (χ2v) is 6.01. The zero-order chi connectivity index (χ0) is 13.1. The second kappa shape index (κ2) is 5.82. The smallest absolute Gasteiger partial charge is 0.240 e. The van der Waals surface area contributed by atoms with Gasteiger partial charge in [0.25, 0.3) is 0 Å². The molecule has 1 aromatic carbocycles. The van der Waals surface area contributed by atoms with Crippen molar-refractivity contribution >= 4 is 38.5 Å². The highest BCUT2D eigenvalue weighted by Gasteiger charge is 2.14. The molecular formula is C10H11Cl2NO3S. The quantitative estimate of drug-likeness (QED) is 0.846. The van der Waals surface area contributed by atoms with Crippen molar-refractivity contribution in [2.24, 2.45) is 0 Å². The summed E-state index contributed by atoms with van der Waals surface area (Å²) in [6.45, 7) is 1.69. The van der Waals surface area contributed by atoms with Crippen molar-refractivity contribution in [1.29, 1.82) is 0 Å². The molecule has 0 aromatic heterocycles. The molecule has 0 spiro atoms. The first kappa shape index (κ1) is 14.4. The normalized spacial score (nSPS) is 11.5. The predicted molar refractivity (Wildman–Crippen MR) is 66.9 cm³/mol. The molecule has 17 heavy (non-hydrogen) atoms. The van der Waals surface area contributed by atoms with Crippen molar-refractivity contribution in [3.8, 4) is 0 Å². The molecule has 0 atom stereocenters. The molecule has 7 heteroatoms. The van der Waals surface area contributed by atoms with E-state index in [4.69, 9.17) is 23.2 Å². The first-order valence-electron chi connectivity index (χ1n) is 4.77. The number of carbonyl (C=O) groups excluding carboxylic acids is 1. The summed E-state index contributed by atoms with van der Waals surface area (Å²) in [5.74, 6) is 0. The summed E-state index contributed by atoms with van der Waals surface area (Å²) in [7, 11) is -3.61. The fourth-order valence-corrected chi connectivity index (χ4v) is 2.48. The summed E-state index contributed by atoms with van der Waals surface area (Å²) >= 11 is 10.9. The van der Waals surface area contributed by atoms with Crippen molar-refractivity contribution in [2.45, 2.75) is 18.2 Å². The minimum absolute atomic E-state index is 0.0215. The number of sulfonamides is 1. The maximum atomic E-state index is 11.8. The maximum absolute atomic E-state index is 11.8. The molecule has 0 aliphatic rings. The van der Waals surface area contributed by atoms with Gasteiger partial charge >= 0.3 is 0 Å². The Morgan fingerprint density at radius 3 is 2.59 bits per heavy atom. The van der Waals surface area contributed by atoms with Gasteiger partial charge in [0.1, 0.15) is 0 Å². The van der Waals surface area contributed by atoms with E-state index in [-0.39, 0.29) is 17.9 Å². The van der Waals surface area contributed by atoms with Gasteiger partial charge in [-0.2, -0.15) is 0 Å². The number of hydrogen-bond acceptors (Lipinski definition) is 3. The lowest BCUT2D eigenvalue weighted by Crippen LogP contribution is -2.25. The van der Waals surface area contributed by atoms with E-state index in [1.807, 2.05) is 0 Å². The van der Waals surface area contributed by atoms with Gasteiger partial charge in [-0.25, -0.2) is 13.1 Å². The summed E-state index contributed by atoms with van der Waals surface area (Å²) in [6.07, 6.45) is -0.0483. The molecule has 1 rings (SSSR count). The number of aryl methyl sites for hydroxylation is 1. The van der Waals surface area contributed by atoms with Crippen LogP contribution in [0.4, 0.5) is 0 Å². The topological polar surface area (TPSA) is 63.2 Å². The number of hydrogen-bond donors (Lipinski definition) is 1. The lowest BCUT2D eigenvalue weighted by atomic mass is 10.2. The number of benzene rings is 1. The molecule has 0 unspecified atom stereocenters. The number of halogens is 2. The van der Waals surface area contributed by atoms with Gasteiger partial charge in [-0.3, -0.25) is 4.79 Å². The third-order valence-electron chi connectivity index (χ3n) is 2.05. The van der Waals surface area contributed by atoms with Crippen LogP contribution in [0.2, 0.25) is 5.02 Å². The van der Waals surface area contributed by atoms with E-state index < -0.39 is 15.3 Å². The molecule has 1 N–H and O–H groups in total. The third-order valence-corrected chi connectivity index (χ3v) is 4.13. The Morgan fingerprint density at radius 2 is 2.06 bits per heavy atom. The Morgan fingerprint density at radius 1 is 1.41 bits per heavy atom. The van der Waals surface area contributed by atoms with Crippen LogP contribution in [-0.2, 0) is 14.8 Å². The Balaban J connectivity index is 2.82. The van der Waals surface area contributed by atoms with Crippen molar-refractivity contribution in [3.05, 3.63) is 28.8 Å². The zero-order valence-corrected chi connectivity index (χ0v) is 11.4. The number of nitrogens with one attached hydrogen (secondary N) is 1. The van der Waals surface area contributed by atoms with Crippen LogP contribution < -0.4 is 4.72 Å². The van der Waals surface area contributed by atoms with Gasteiger partial charge in [-0.15, -0.1) is 0 Å². The lowest BCUT2D eigenvalue weighted by Gasteiger charge is -2.07. The van der Waals surface area contributed by atoms with Crippen LogP contribution in [0.1, 0.15) is 12.0 Å². The molecule has 1 aromatic rings. The summed E-state index contributed by atoms with van der Waals surface area (Å²) in [4.78, 5) is 10.6. The van der Waals surface area contributed by atoms with Crippen LogP contribution in [0.3, 0.4) is 0 Å². The monoisotopic (exact) mass is 295 g/mol. The first-order valence-corrected chi connectivity index (χ1v) is 7.01. The highest BCUT2D eigenvalue weighted by molar-refractivity contribution is 7.89.